The van der Waals surface area contributed by atoms with Crippen LogP contribution in [0.2, 0.25) is 0 Å². The number of aromatic carboxylic acids is 1. The number of rotatable bonds is 7. The van der Waals surface area contributed by atoms with E-state index in [4.69, 9.17) is 9.40 Å². The number of furan rings is 1. The first-order valence-corrected chi connectivity index (χ1v) is 13.8. The lowest BCUT2D eigenvalue weighted by Gasteiger charge is -2.25. The van der Waals surface area contributed by atoms with Crippen molar-refractivity contribution in [2.45, 2.75) is 51.1 Å². The summed E-state index contributed by atoms with van der Waals surface area (Å²) in [6.45, 7) is 1.62. The normalized spacial score (nSPS) is 14.8. The molecule has 6 rings (SSSR count). The van der Waals surface area contributed by atoms with E-state index in [-0.39, 0.29) is 11.6 Å². The molecular formula is C31H31N5O5. The van der Waals surface area contributed by atoms with E-state index in [1.807, 2.05) is 12.1 Å². The predicted octanol–water partition coefficient (Wildman–Crippen LogP) is 5.75. The highest BCUT2D eigenvalue weighted by Gasteiger charge is 2.24. The lowest BCUT2D eigenvalue weighted by molar-refractivity contribution is -0.117. The summed E-state index contributed by atoms with van der Waals surface area (Å²) in [7, 11) is 1.68. The monoisotopic (exact) mass is 553 g/mol. The maximum atomic E-state index is 13.2. The molecule has 1 saturated carbocycles. The van der Waals surface area contributed by atoms with Gasteiger partial charge < -0.3 is 29.3 Å². The standard InChI is InChI=1S/C31H31N5O5/c1-18(29(37)33-22-9-11-25-21(14-22)16-27(31(39)40)35(25)2)32-30(38)19-8-10-26-24(15-19)34-28(20-12-13-41-17-20)36(26)23-6-4-3-5-7-23/h8-18,23H,3-7H2,1-2H3,(H,32,38)(H,33,37)(H,39,40)/t18-/m1/s1. The molecule has 1 aliphatic carbocycles. The molecule has 3 N–H and O–H groups in total. The molecule has 41 heavy (non-hydrogen) atoms. The van der Waals surface area contributed by atoms with Crippen molar-refractivity contribution < 1.29 is 23.9 Å². The largest absolute Gasteiger partial charge is 0.477 e. The Morgan fingerprint density at radius 3 is 2.54 bits per heavy atom. The molecule has 0 saturated heterocycles. The SMILES string of the molecule is C[C@@H](NC(=O)c1ccc2c(c1)nc(-c1ccoc1)n2C1CCCCC1)C(=O)Nc1ccc2c(c1)cc(C(=O)O)n2C. The van der Waals surface area contributed by atoms with Crippen LogP contribution in [0.5, 0.6) is 0 Å². The second-order valence-electron chi connectivity index (χ2n) is 10.7. The summed E-state index contributed by atoms with van der Waals surface area (Å²) in [6.07, 6.45) is 9.10. The molecule has 10 nitrogen and oxygen atoms in total. The van der Waals surface area contributed by atoms with Gasteiger partial charge in [0.25, 0.3) is 5.91 Å². The number of carbonyl (C=O) groups excluding carboxylic acids is 2. The third-order valence-electron chi connectivity index (χ3n) is 7.94. The number of nitrogens with one attached hydrogen (secondary N) is 2. The van der Waals surface area contributed by atoms with E-state index in [9.17, 15) is 19.5 Å². The number of carbonyl (C=O) groups is 3. The number of benzene rings is 2. The zero-order valence-electron chi connectivity index (χ0n) is 22.9. The van der Waals surface area contributed by atoms with Crippen molar-refractivity contribution in [1.82, 2.24) is 19.4 Å². The van der Waals surface area contributed by atoms with E-state index < -0.39 is 17.9 Å². The lowest BCUT2D eigenvalue weighted by atomic mass is 9.95. The minimum atomic E-state index is -1.03. The Morgan fingerprint density at radius 2 is 1.80 bits per heavy atom. The van der Waals surface area contributed by atoms with Crippen molar-refractivity contribution in [3.8, 4) is 11.4 Å². The Labute approximate surface area is 236 Å². The van der Waals surface area contributed by atoms with Crippen LogP contribution in [-0.4, -0.2) is 43.1 Å². The lowest BCUT2D eigenvalue weighted by Crippen LogP contribution is -2.41. The summed E-state index contributed by atoms with van der Waals surface area (Å²) < 4.78 is 9.20. The molecule has 1 aliphatic rings. The maximum Gasteiger partial charge on any atom is 0.352 e. The summed E-state index contributed by atoms with van der Waals surface area (Å²) >= 11 is 0. The average molecular weight is 554 g/mol. The van der Waals surface area contributed by atoms with Crippen LogP contribution in [0.4, 0.5) is 5.69 Å². The number of nitrogens with zero attached hydrogens (tertiary/aromatic N) is 3. The van der Waals surface area contributed by atoms with Crippen molar-refractivity contribution in [3.63, 3.8) is 0 Å². The number of carboxylic acids is 1. The van der Waals surface area contributed by atoms with E-state index in [2.05, 4.69) is 15.2 Å². The first-order chi connectivity index (χ1) is 19.8. The van der Waals surface area contributed by atoms with Crippen LogP contribution in [0.15, 0.2) is 65.5 Å². The van der Waals surface area contributed by atoms with Crippen LogP contribution >= 0.6 is 0 Å². The number of aryl methyl sites for hydroxylation is 1. The van der Waals surface area contributed by atoms with Crippen molar-refractivity contribution in [2.24, 2.45) is 7.05 Å². The fraction of sp³-hybridized carbons (Fsp3) is 0.290. The number of imidazole rings is 1. The molecule has 0 spiro atoms. The number of carboxylic acid groups (broad SMARTS) is 1. The summed E-state index contributed by atoms with van der Waals surface area (Å²) in [5, 5.41) is 15.6. The van der Waals surface area contributed by atoms with Crippen molar-refractivity contribution in [1.29, 1.82) is 0 Å². The van der Waals surface area contributed by atoms with Crippen LogP contribution in [0.3, 0.4) is 0 Å². The maximum absolute atomic E-state index is 13.2. The van der Waals surface area contributed by atoms with Gasteiger partial charge in [-0.1, -0.05) is 19.3 Å². The van der Waals surface area contributed by atoms with Crippen molar-refractivity contribution >= 4 is 45.4 Å². The fourth-order valence-electron chi connectivity index (χ4n) is 5.77. The molecule has 0 radical (unpaired) electrons. The molecule has 1 fully saturated rings. The minimum absolute atomic E-state index is 0.154. The molecule has 0 bridgehead atoms. The second-order valence-corrected chi connectivity index (χ2v) is 10.7. The number of anilines is 1. The summed E-state index contributed by atoms with van der Waals surface area (Å²) in [5.41, 5.74) is 4.39. The Kier molecular flexibility index (Phi) is 6.82. The van der Waals surface area contributed by atoms with Gasteiger partial charge in [0.2, 0.25) is 5.91 Å². The molecule has 2 aromatic carbocycles. The number of amides is 2. The van der Waals surface area contributed by atoms with Gasteiger partial charge in [0.1, 0.15) is 23.8 Å². The highest BCUT2D eigenvalue weighted by Crippen LogP contribution is 2.36. The van der Waals surface area contributed by atoms with Gasteiger partial charge in [-0.3, -0.25) is 9.59 Å². The van der Waals surface area contributed by atoms with Crippen molar-refractivity contribution in [3.05, 3.63) is 72.3 Å². The topological polar surface area (TPSA) is 131 Å². The molecule has 3 aromatic heterocycles. The van der Waals surface area contributed by atoms with Gasteiger partial charge in [0.05, 0.1) is 22.9 Å². The molecule has 3 heterocycles. The van der Waals surface area contributed by atoms with Gasteiger partial charge in [0.15, 0.2) is 0 Å². The van der Waals surface area contributed by atoms with Gasteiger partial charge >= 0.3 is 5.97 Å². The Morgan fingerprint density at radius 1 is 1.02 bits per heavy atom. The molecular weight excluding hydrogens is 522 g/mol. The summed E-state index contributed by atoms with van der Waals surface area (Å²) in [6, 6.07) is 13.6. The van der Waals surface area contributed by atoms with E-state index >= 15 is 0 Å². The first kappa shape index (κ1) is 26.4. The zero-order chi connectivity index (χ0) is 28.7. The molecule has 5 aromatic rings. The molecule has 10 heteroatoms. The van der Waals surface area contributed by atoms with E-state index in [0.717, 1.165) is 35.3 Å². The van der Waals surface area contributed by atoms with Gasteiger partial charge in [-0.2, -0.15) is 0 Å². The second kappa shape index (κ2) is 10.6. The molecule has 1 atom stereocenters. The van der Waals surface area contributed by atoms with E-state index in [0.29, 0.717) is 28.2 Å². The Bertz CT molecular complexity index is 1780. The number of fused-ring (bicyclic) bond motifs is 2. The van der Waals surface area contributed by atoms with Gasteiger partial charge in [-0.15, -0.1) is 0 Å². The molecule has 0 unspecified atom stereocenters. The average Bonchev–Trinajstić information content (AvgIpc) is 3.70. The number of hydrogen-bond acceptors (Lipinski definition) is 5. The highest BCUT2D eigenvalue weighted by molar-refractivity contribution is 6.03. The smallest absolute Gasteiger partial charge is 0.352 e. The Hall–Kier alpha value is -4.86. The number of hydrogen-bond donors (Lipinski definition) is 3. The third kappa shape index (κ3) is 4.97. The molecule has 210 valence electrons. The van der Waals surface area contributed by atoms with E-state index in [1.165, 1.54) is 19.3 Å². The van der Waals surface area contributed by atoms with Crippen LogP contribution < -0.4 is 10.6 Å². The van der Waals surface area contributed by atoms with Gasteiger partial charge in [-0.05, 0) is 68.3 Å². The quantitative estimate of drug-likeness (QED) is 0.235. The highest BCUT2D eigenvalue weighted by atomic mass is 16.4. The van der Waals surface area contributed by atoms with Crippen LogP contribution in [0.1, 0.15) is 65.9 Å². The summed E-state index contributed by atoms with van der Waals surface area (Å²) in [5.74, 6) is -0.965. The first-order valence-electron chi connectivity index (χ1n) is 13.8. The van der Waals surface area contributed by atoms with Gasteiger partial charge in [0, 0.05) is 35.2 Å². The molecule has 0 aliphatic heterocycles. The third-order valence-corrected chi connectivity index (χ3v) is 7.94. The number of aromatic nitrogens is 3. The zero-order valence-corrected chi connectivity index (χ0v) is 22.9. The van der Waals surface area contributed by atoms with Crippen molar-refractivity contribution in [2.75, 3.05) is 5.32 Å². The van der Waals surface area contributed by atoms with Gasteiger partial charge in [-0.25, -0.2) is 9.78 Å². The fourth-order valence-corrected chi connectivity index (χ4v) is 5.77. The van der Waals surface area contributed by atoms with Crippen LogP contribution in [0, 0.1) is 0 Å². The summed E-state index contributed by atoms with van der Waals surface area (Å²) in [4.78, 5) is 42.4. The van der Waals surface area contributed by atoms with Crippen LogP contribution in [-0.2, 0) is 11.8 Å². The minimum Gasteiger partial charge on any atom is -0.477 e. The van der Waals surface area contributed by atoms with E-state index in [1.54, 1.807) is 67.5 Å². The van der Waals surface area contributed by atoms with Crippen LogP contribution in [0.25, 0.3) is 33.3 Å². The molecule has 2 amide bonds. The predicted molar refractivity (Wildman–Crippen MR) is 155 cm³/mol. The Balaban J connectivity index is 1.19.